The van der Waals surface area contributed by atoms with Crippen LogP contribution in [0, 0.1) is 0 Å². The van der Waals surface area contributed by atoms with Gasteiger partial charge in [0.05, 0.1) is 0 Å². The zero-order valence-electron chi connectivity index (χ0n) is 6.87. The second-order valence-corrected chi connectivity index (χ2v) is 1.93. The number of hydrogen-bond acceptors (Lipinski definition) is 3. The largest absolute Gasteiger partial charge is 1.00 e. The van der Waals surface area contributed by atoms with Crippen molar-refractivity contribution in [2.45, 2.75) is 18.4 Å². The molecule has 0 amide bonds. The van der Waals surface area contributed by atoms with Gasteiger partial charge in [-0.15, -0.1) is 13.2 Å². The minimum atomic E-state index is -6.22. The predicted octanol–water partition coefficient (Wildman–Crippen LogP) is -2.50. The van der Waals surface area contributed by atoms with Crippen molar-refractivity contribution in [1.29, 1.82) is 0 Å². The zero-order valence-corrected chi connectivity index (χ0v) is 8.87. The summed E-state index contributed by atoms with van der Waals surface area (Å²) in [6, 6.07) is 0. The molecular weight excluding hydrogens is 252 g/mol. The molecule has 0 aliphatic rings. The van der Waals surface area contributed by atoms with Gasteiger partial charge in [0.15, 0.2) is 0 Å². The molecule has 0 aromatic rings. The third-order valence-corrected chi connectivity index (χ3v) is 0.866. The number of alkyl halides is 7. The van der Waals surface area contributed by atoms with E-state index < -0.39 is 24.4 Å². The molecule has 0 saturated carbocycles. The van der Waals surface area contributed by atoms with Crippen molar-refractivity contribution in [3.05, 3.63) is 0 Å². The van der Waals surface area contributed by atoms with Crippen molar-refractivity contribution in [3.63, 3.8) is 0 Å². The fourth-order valence-corrected chi connectivity index (χ4v) is 0.328. The van der Waals surface area contributed by atoms with Crippen molar-refractivity contribution < 1.29 is 74.9 Å². The Labute approximate surface area is 99.5 Å². The first-order valence-electron chi connectivity index (χ1n) is 2.64. The summed E-state index contributed by atoms with van der Waals surface area (Å²) in [6.45, 7) is 0. The molecule has 0 heterocycles. The summed E-state index contributed by atoms with van der Waals surface area (Å²) in [5.74, 6) is -9.74. The Hall–Kier alpha value is -0.0600. The van der Waals surface area contributed by atoms with Crippen LogP contribution in [-0.4, -0.2) is 24.4 Å². The number of ether oxygens (including phenoxy) is 1. The third kappa shape index (κ3) is 4.53. The number of carbonyl (C=O) groups excluding carboxylic acids is 1. The molecule has 0 aliphatic carbocycles. The molecule has 3 nitrogen and oxygen atoms in total. The molecule has 0 N–H and O–H groups in total. The molecule has 15 heavy (non-hydrogen) atoms. The average molecular weight is 252 g/mol. The topological polar surface area (TPSA) is 49.4 Å². The summed E-state index contributed by atoms with van der Waals surface area (Å²) < 4.78 is 82.2. The van der Waals surface area contributed by atoms with E-state index in [9.17, 15) is 40.6 Å². The Kier molecular flexibility index (Phi) is 5.60. The first-order valence-corrected chi connectivity index (χ1v) is 2.64. The third-order valence-electron chi connectivity index (χ3n) is 0.866. The van der Waals surface area contributed by atoms with E-state index in [-0.39, 0.29) is 29.6 Å². The maximum Gasteiger partial charge on any atom is 1.00 e. The van der Waals surface area contributed by atoms with Crippen molar-refractivity contribution in [2.75, 3.05) is 0 Å². The quantitative estimate of drug-likeness (QED) is 0.412. The smallest absolute Gasteiger partial charge is 0.544 e. The molecule has 0 bridgehead atoms. The molecule has 0 saturated heterocycles. The minimum Gasteiger partial charge on any atom is -0.544 e. The van der Waals surface area contributed by atoms with Gasteiger partial charge in [0.2, 0.25) is 0 Å². The maximum absolute atomic E-state index is 11.8. The van der Waals surface area contributed by atoms with Gasteiger partial charge < -0.3 is 9.90 Å². The molecule has 0 unspecified atom stereocenters. The SMILES string of the molecule is O=C([O-])C(F)(F)C(F)(F)OC(F)(F)F.[Na+]. The molecular formula is C4F7NaO3. The van der Waals surface area contributed by atoms with Gasteiger partial charge in [-0.3, -0.25) is 0 Å². The van der Waals surface area contributed by atoms with Crippen molar-refractivity contribution in [3.8, 4) is 0 Å². The molecule has 0 aromatic carbocycles. The number of carboxylic acid groups (broad SMARTS) is 1. The van der Waals surface area contributed by atoms with Crippen LogP contribution in [0.15, 0.2) is 0 Å². The Balaban J connectivity index is 0. The number of carboxylic acids is 1. The number of aliphatic carboxylic acids is 1. The summed E-state index contributed by atoms with van der Waals surface area (Å²) in [7, 11) is 0. The average Bonchev–Trinajstić information content (AvgIpc) is 1.80. The minimum absolute atomic E-state index is 0. The summed E-state index contributed by atoms with van der Waals surface area (Å²) in [5.41, 5.74) is 0. The van der Waals surface area contributed by atoms with E-state index >= 15 is 0 Å². The monoisotopic (exact) mass is 252 g/mol. The normalized spacial score (nSPS) is 13.3. The van der Waals surface area contributed by atoms with Crippen LogP contribution in [-0.2, 0) is 9.53 Å². The van der Waals surface area contributed by atoms with Gasteiger partial charge >= 0.3 is 48.0 Å². The predicted molar refractivity (Wildman–Crippen MR) is 22.0 cm³/mol. The summed E-state index contributed by atoms with van der Waals surface area (Å²) in [5, 5.41) is 9.37. The molecule has 84 valence electrons. The summed E-state index contributed by atoms with van der Waals surface area (Å²) >= 11 is 0. The van der Waals surface area contributed by atoms with Crippen LogP contribution in [0.25, 0.3) is 0 Å². The van der Waals surface area contributed by atoms with Gasteiger partial charge in [0.25, 0.3) is 0 Å². The number of hydrogen-bond donors (Lipinski definition) is 0. The first kappa shape index (κ1) is 17.3. The van der Waals surface area contributed by atoms with Crippen LogP contribution in [0.3, 0.4) is 0 Å². The molecule has 0 aromatic heterocycles. The molecule has 0 spiro atoms. The van der Waals surface area contributed by atoms with Gasteiger partial charge in [0, 0.05) is 0 Å². The molecule has 0 radical (unpaired) electrons. The Morgan fingerprint density at radius 2 is 1.33 bits per heavy atom. The van der Waals surface area contributed by atoms with E-state index in [0.29, 0.717) is 0 Å². The van der Waals surface area contributed by atoms with Crippen molar-refractivity contribution in [1.82, 2.24) is 0 Å². The van der Waals surface area contributed by atoms with Crippen LogP contribution in [0.5, 0.6) is 0 Å². The van der Waals surface area contributed by atoms with E-state index in [1.165, 1.54) is 0 Å². The standard InChI is InChI=1S/C4HF7O3.Na/c5-2(6,1(12)13)3(7,8)14-4(9,10)11;/h(H,12,13);/q;+1/p-1. The molecule has 0 atom stereocenters. The Morgan fingerprint density at radius 1 is 1.00 bits per heavy atom. The number of carbonyl (C=O) groups is 1. The molecule has 11 heteroatoms. The van der Waals surface area contributed by atoms with Crippen molar-refractivity contribution in [2.24, 2.45) is 0 Å². The first-order chi connectivity index (χ1) is 5.90. The Bertz CT molecular complexity index is 237. The summed E-state index contributed by atoms with van der Waals surface area (Å²) in [6.07, 6.45) is -12.3. The van der Waals surface area contributed by atoms with E-state index in [4.69, 9.17) is 0 Å². The van der Waals surface area contributed by atoms with Gasteiger partial charge in [-0.05, 0) is 0 Å². The van der Waals surface area contributed by atoms with E-state index in [1.54, 1.807) is 4.74 Å². The van der Waals surface area contributed by atoms with Crippen LogP contribution in [0.2, 0.25) is 0 Å². The van der Waals surface area contributed by atoms with Crippen LogP contribution < -0.4 is 34.7 Å². The summed E-state index contributed by atoms with van der Waals surface area (Å²) in [4.78, 5) is 9.37. The van der Waals surface area contributed by atoms with Gasteiger partial charge in [-0.1, -0.05) is 0 Å². The zero-order chi connectivity index (χ0) is 11.8. The van der Waals surface area contributed by atoms with Gasteiger partial charge in [-0.25, -0.2) is 4.74 Å². The van der Waals surface area contributed by atoms with Crippen LogP contribution >= 0.6 is 0 Å². The van der Waals surface area contributed by atoms with E-state index in [2.05, 4.69) is 0 Å². The second-order valence-electron chi connectivity index (χ2n) is 1.93. The van der Waals surface area contributed by atoms with Crippen LogP contribution in [0.1, 0.15) is 0 Å². The number of halogens is 7. The van der Waals surface area contributed by atoms with Crippen molar-refractivity contribution >= 4 is 5.97 Å². The molecule has 0 rings (SSSR count). The fraction of sp³-hybridized carbons (Fsp3) is 0.750. The fourth-order valence-electron chi connectivity index (χ4n) is 0.328. The van der Waals surface area contributed by atoms with E-state index in [0.717, 1.165) is 0 Å². The van der Waals surface area contributed by atoms with Crippen LogP contribution in [0.4, 0.5) is 30.7 Å². The molecule has 0 fully saturated rings. The van der Waals surface area contributed by atoms with Gasteiger partial charge in [0.1, 0.15) is 5.97 Å². The van der Waals surface area contributed by atoms with Gasteiger partial charge in [-0.2, -0.15) is 17.6 Å². The van der Waals surface area contributed by atoms with E-state index in [1.807, 2.05) is 0 Å². The molecule has 0 aliphatic heterocycles. The second kappa shape index (κ2) is 4.85. The number of rotatable bonds is 3. The maximum atomic E-state index is 11.8. The Morgan fingerprint density at radius 3 is 1.53 bits per heavy atom.